The lowest BCUT2D eigenvalue weighted by atomic mass is 9.79. The van der Waals surface area contributed by atoms with Crippen molar-refractivity contribution in [2.75, 3.05) is 39.4 Å². The van der Waals surface area contributed by atoms with E-state index in [2.05, 4.69) is 10.2 Å². The Bertz CT molecular complexity index is 833. The second kappa shape index (κ2) is 8.76. The number of rotatable bonds is 7. The number of likely N-dealkylation sites (tertiary alicyclic amines) is 1. The van der Waals surface area contributed by atoms with E-state index in [1.54, 1.807) is 12.3 Å². The molecule has 0 aliphatic carbocycles. The summed E-state index contributed by atoms with van der Waals surface area (Å²) >= 11 is 0. The molecule has 0 unspecified atom stereocenters. The lowest BCUT2D eigenvalue weighted by Crippen LogP contribution is -2.48. The van der Waals surface area contributed by atoms with Gasteiger partial charge in [-0.05, 0) is 70.8 Å². The van der Waals surface area contributed by atoms with Crippen molar-refractivity contribution in [3.63, 3.8) is 0 Å². The van der Waals surface area contributed by atoms with E-state index in [1.165, 1.54) is 25.9 Å². The first kappa shape index (κ1) is 20.2. The monoisotopic (exact) mass is 400 g/mol. The van der Waals surface area contributed by atoms with Crippen molar-refractivity contribution in [1.29, 1.82) is 0 Å². The molecule has 2 aliphatic heterocycles. The number of carbonyl (C=O) groups is 1. The van der Waals surface area contributed by atoms with Crippen LogP contribution >= 0.6 is 0 Å². The average molecular weight is 401 g/mol. The number of carbonyl (C=O) groups excluding carboxylic acids is 1. The SMILES string of the molecule is CC(C)Oc1cc(C(=O)NCC2(CN3CCCC3)CCOCC2)cc2occc12. The highest BCUT2D eigenvalue weighted by Gasteiger charge is 2.35. The number of hydrogen-bond donors (Lipinski definition) is 1. The fourth-order valence-corrected chi connectivity index (χ4v) is 4.50. The van der Waals surface area contributed by atoms with Crippen molar-refractivity contribution in [2.24, 2.45) is 5.41 Å². The van der Waals surface area contributed by atoms with Crippen LogP contribution in [0.25, 0.3) is 11.0 Å². The van der Waals surface area contributed by atoms with E-state index in [-0.39, 0.29) is 17.4 Å². The third kappa shape index (κ3) is 4.75. The van der Waals surface area contributed by atoms with Crippen molar-refractivity contribution >= 4 is 16.9 Å². The number of amides is 1. The van der Waals surface area contributed by atoms with Crippen LogP contribution in [-0.4, -0.2) is 56.3 Å². The van der Waals surface area contributed by atoms with Gasteiger partial charge in [0.1, 0.15) is 11.3 Å². The summed E-state index contributed by atoms with van der Waals surface area (Å²) in [6, 6.07) is 5.50. The molecular formula is C23H32N2O4. The zero-order valence-corrected chi connectivity index (χ0v) is 17.5. The van der Waals surface area contributed by atoms with E-state index >= 15 is 0 Å². The van der Waals surface area contributed by atoms with Crippen LogP contribution in [0.1, 0.15) is 49.9 Å². The minimum absolute atomic E-state index is 0.0254. The Morgan fingerprint density at radius 2 is 2.00 bits per heavy atom. The van der Waals surface area contributed by atoms with Gasteiger partial charge < -0.3 is 24.1 Å². The van der Waals surface area contributed by atoms with E-state index in [4.69, 9.17) is 13.9 Å². The lowest BCUT2D eigenvalue weighted by molar-refractivity contribution is -0.000629. The highest BCUT2D eigenvalue weighted by atomic mass is 16.5. The van der Waals surface area contributed by atoms with Crippen LogP contribution in [0.5, 0.6) is 5.75 Å². The maximum absolute atomic E-state index is 13.0. The molecule has 1 aromatic carbocycles. The number of nitrogens with one attached hydrogen (secondary N) is 1. The van der Waals surface area contributed by atoms with Crippen LogP contribution in [0, 0.1) is 5.41 Å². The Hall–Kier alpha value is -2.05. The molecule has 158 valence electrons. The van der Waals surface area contributed by atoms with Gasteiger partial charge in [-0.1, -0.05) is 0 Å². The maximum atomic E-state index is 13.0. The molecule has 6 nitrogen and oxygen atoms in total. The summed E-state index contributed by atoms with van der Waals surface area (Å²) in [6.45, 7) is 9.54. The summed E-state index contributed by atoms with van der Waals surface area (Å²) in [7, 11) is 0. The van der Waals surface area contributed by atoms with Gasteiger partial charge in [0, 0.05) is 37.3 Å². The quantitative estimate of drug-likeness (QED) is 0.765. The third-order valence-electron chi connectivity index (χ3n) is 6.09. The van der Waals surface area contributed by atoms with Crippen molar-refractivity contribution in [3.8, 4) is 5.75 Å². The highest BCUT2D eigenvalue weighted by Crippen LogP contribution is 2.33. The van der Waals surface area contributed by atoms with Gasteiger partial charge in [0.25, 0.3) is 5.91 Å². The van der Waals surface area contributed by atoms with Crippen LogP contribution in [0.3, 0.4) is 0 Å². The zero-order chi connectivity index (χ0) is 20.3. The fraction of sp³-hybridized carbons (Fsp3) is 0.609. The number of ether oxygens (including phenoxy) is 2. The maximum Gasteiger partial charge on any atom is 0.251 e. The predicted octanol–water partition coefficient (Wildman–Crippen LogP) is 3.84. The summed E-state index contributed by atoms with van der Waals surface area (Å²) in [5, 5.41) is 4.10. The van der Waals surface area contributed by atoms with E-state index < -0.39 is 0 Å². The van der Waals surface area contributed by atoms with Crippen molar-refractivity contribution in [3.05, 3.63) is 30.0 Å². The molecule has 4 rings (SSSR count). The molecule has 2 aliphatic rings. The molecule has 2 fully saturated rings. The third-order valence-corrected chi connectivity index (χ3v) is 6.09. The first-order chi connectivity index (χ1) is 14.0. The molecule has 0 spiro atoms. The first-order valence-electron chi connectivity index (χ1n) is 10.8. The summed E-state index contributed by atoms with van der Waals surface area (Å²) < 4.78 is 17.1. The van der Waals surface area contributed by atoms with Gasteiger partial charge in [-0.15, -0.1) is 0 Å². The number of nitrogens with zero attached hydrogens (tertiary/aromatic N) is 1. The van der Waals surface area contributed by atoms with Crippen LogP contribution in [0.15, 0.2) is 28.9 Å². The van der Waals surface area contributed by atoms with Gasteiger partial charge in [0.05, 0.1) is 17.8 Å². The van der Waals surface area contributed by atoms with Crippen molar-refractivity contribution < 1.29 is 18.7 Å². The van der Waals surface area contributed by atoms with E-state index in [1.807, 2.05) is 26.0 Å². The first-order valence-corrected chi connectivity index (χ1v) is 10.8. The fourth-order valence-electron chi connectivity index (χ4n) is 4.50. The summed E-state index contributed by atoms with van der Waals surface area (Å²) in [5.41, 5.74) is 1.34. The second-order valence-electron chi connectivity index (χ2n) is 8.75. The van der Waals surface area contributed by atoms with Gasteiger partial charge in [0.15, 0.2) is 0 Å². The highest BCUT2D eigenvalue weighted by molar-refractivity contribution is 5.99. The molecule has 1 N–H and O–H groups in total. The summed E-state index contributed by atoms with van der Waals surface area (Å²) in [6.07, 6.45) is 6.19. The number of fused-ring (bicyclic) bond motifs is 1. The summed E-state index contributed by atoms with van der Waals surface area (Å²) in [5.74, 6) is 0.610. The number of benzene rings is 1. The predicted molar refractivity (Wildman–Crippen MR) is 112 cm³/mol. The Balaban J connectivity index is 1.48. The normalized spacial score (nSPS) is 19.7. The Morgan fingerprint density at radius 3 is 2.72 bits per heavy atom. The van der Waals surface area contributed by atoms with Crippen LogP contribution in [0.4, 0.5) is 0 Å². The second-order valence-corrected chi connectivity index (χ2v) is 8.75. The van der Waals surface area contributed by atoms with E-state index in [0.717, 1.165) is 38.0 Å². The Kier molecular flexibility index (Phi) is 6.11. The molecule has 1 aromatic heterocycles. The smallest absolute Gasteiger partial charge is 0.251 e. The molecule has 2 aromatic rings. The molecule has 0 radical (unpaired) electrons. The standard InChI is InChI=1S/C23H32N2O4/c1-17(2)29-21-14-18(13-20-19(21)5-10-28-20)22(26)24-15-23(6-11-27-12-7-23)16-25-8-3-4-9-25/h5,10,13-14,17H,3-4,6-9,11-12,15-16H2,1-2H3,(H,24,26). The molecule has 6 heteroatoms. The minimum atomic E-state index is -0.0794. The van der Waals surface area contributed by atoms with E-state index in [0.29, 0.717) is 23.4 Å². The lowest BCUT2D eigenvalue weighted by Gasteiger charge is -2.40. The number of hydrogen-bond acceptors (Lipinski definition) is 5. The van der Waals surface area contributed by atoms with Crippen LogP contribution < -0.4 is 10.1 Å². The molecular weight excluding hydrogens is 368 g/mol. The van der Waals surface area contributed by atoms with Crippen LogP contribution in [-0.2, 0) is 4.74 Å². The van der Waals surface area contributed by atoms with Gasteiger partial charge in [-0.3, -0.25) is 4.79 Å². The van der Waals surface area contributed by atoms with E-state index in [9.17, 15) is 4.79 Å². The Morgan fingerprint density at radius 1 is 1.24 bits per heavy atom. The van der Waals surface area contributed by atoms with Gasteiger partial charge in [0.2, 0.25) is 0 Å². The largest absolute Gasteiger partial charge is 0.490 e. The molecule has 0 saturated carbocycles. The molecule has 0 bridgehead atoms. The van der Waals surface area contributed by atoms with Crippen molar-refractivity contribution in [2.45, 2.75) is 45.6 Å². The molecule has 0 atom stereocenters. The Labute approximate surface area is 172 Å². The van der Waals surface area contributed by atoms with Crippen LogP contribution in [0.2, 0.25) is 0 Å². The van der Waals surface area contributed by atoms with Gasteiger partial charge in [-0.2, -0.15) is 0 Å². The molecule has 2 saturated heterocycles. The zero-order valence-electron chi connectivity index (χ0n) is 17.5. The number of furan rings is 1. The molecule has 1 amide bonds. The summed E-state index contributed by atoms with van der Waals surface area (Å²) in [4.78, 5) is 15.6. The van der Waals surface area contributed by atoms with Gasteiger partial charge >= 0.3 is 0 Å². The average Bonchev–Trinajstić information content (AvgIpc) is 3.38. The molecule has 29 heavy (non-hydrogen) atoms. The van der Waals surface area contributed by atoms with Gasteiger partial charge in [-0.25, -0.2) is 0 Å². The van der Waals surface area contributed by atoms with Crippen molar-refractivity contribution in [1.82, 2.24) is 10.2 Å². The minimum Gasteiger partial charge on any atom is -0.490 e. The topological polar surface area (TPSA) is 63.9 Å². The molecule has 3 heterocycles.